The molecule has 266 valence electrons. The molecule has 15 nitrogen and oxygen atoms in total. The fourth-order valence-electron chi connectivity index (χ4n) is 4.49. The highest BCUT2D eigenvalue weighted by molar-refractivity contribution is 8.00. The number of hydrogen-bond donors (Lipinski definition) is 1. The second kappa shape index (κ2) is 17.6. The van der Waals surface area contributed by atoms with Crippen LogP contribution in [0.15, 0.2) is 56.2 Å². The van der Waals surface area contributed by atoms with Crippen LogP contribution in [0, 0.1) is 5.82 Å². The number of hydrogen-bond acceptors (Lipinski definition) is 14. The van der Waals surface area contributed by atoms with Gasteiger partial charge in [0.1, 0.15) is 29.9 Å². The summed E-state index contributed by atoms with van der Waals surface area (Å²) in [4.78, 5) is 53.0. The summed E-state index contributed by atoms with van der Waals surface area (Å²) in [6.45, 7) is 2.95. The summed E-state index contributed by atoms with van der Waals surface area (Å²) in [5.74, 6) is -1.64. The highest BCUT2D eigenvalue weighted by Gasteiger charge is 2.21. The van der Waals surface area contributed by atoms with Crippen molar-refractivity contribution in [1.82, 2.24) is 19.3 Å². The van der Waals surface area contributed by atoms with Crippen molar-refractivity contribution in [2.75, 3.05) is 34.2 Å². The number of benzene rings is 2. The van der Waals surface area contributed by atoms with Crippen LogP contribution in [0.5, 0.6) is 23.5 Å². The molecule has 0 aliphatic carbocycles. The Hall–Kier alpha value is -4.94. The molecule has 2 aromatic heterocycles. The van der Waals surface area contributed by atoms with E-state index in [0.717, 1.165) is 42.0 Å². The lowest BCUT2D eigenvalue weighted by molar-refractivity contribution is -0.137. The molecule has 5 rings (SSSR count). The van der Waals surface area contributed by atoms with Gasteiger partial charge in [0.15, 0.2) is 0 Å². The first-order valence-corrected chi connectivity index (χ1v) is 16.8. The summed E-state index contributed by atoms with van der Waals surface area (Å²) >= 11 is 8.17. The van der Waals surface area contributed by atoms with Gasteiger partial charge in [-0.25, -0.2) is 18.9 Å². The summed E-state index contributed by atoms with van der Waals surface area (Å²) in [6, 6.07) is 8.72. The third kappa shape index (κ3) is 9.39. The van der Waals surface area contributed by atoms with Gasteiger partial charge in [0.25, 0.3) is 0 Å². The van der Waals surface area contributed by atoms with Gasteiger partial charge in [-0.2, -0.15) is 9.97 Å². The minimum atomic E-state index is -1.19. The molecule has 0 saturated carbocycles. The number of esters is 1. The molecule has 0 bridgehead atoms. The second-order valence-corrected chi connectivity index (χ2v) is 12.3. The average Bonchev–Trinajstić information content (AvgIpc) is 3.43. The van der Waals surface area contributed by atoms with E-state index in [4.69, 9.17) is 30.6 Å². The van der Waals surface area contributed by atoms with Crippen molar-refractivity contribution in [3.8, 4) is 23.5 Å². The number of thioether (sulfide) groups is 1. The van der Waals surface area contributed by atoms with Crippen LogP contribution in [0.2, 0.25) is 5.02 Å². The minimum absolute atomic E-state index is 0.0472. The van der Waals surface area contributed by atoms with Crippen molar-refractivity contribution in [2.24, 2.45) is 10.1 Å². The van der Waals surface area contributed by atoms with E-state index in [9.17, 15) is 23.9 Å². The second-order valence-electron chi connectivity index (χ2n) is 10.00. The number of halogens is 2. The van der Waals surface area contributed by atoms with E-state index in [1.165, 1.54) is 46.6 Å². The number of aromatic nitrogens is 4. The number of nitrogens with zero attached hydrogens (tertiary/aromatic N) is 6. The number of rotatable bonds is 11. The number of carbonyl (C=O) groups excluding carboxylic acids is 1. The topological polar surface area (TPSA) is 178 Å². The summed E-state index contributed by atoms with van der Waals surface area (Å²) in [7, 11) is 5.53. The highest BCUT2D eigenvalue weighted by Crippen LogP contribution is 2.33. The molecule has 0 saturated heterocycles. The van der Waals surface area contributed by atoms with Gasteiger partial charge in [-0.05, 0) is 49.3 Å². The fraction of sp³-hybridized carbons (Fsp3) is 0.323. The van der Waals surface area contributed by atoms with E-state index in [-0.39, 0.29) is 50.4 Å². The molecule has 0 fully saturated rings. The van der Waals surface area contributed by atoms with E-state index in [1.54, 1.807) is 28.4 Å². The third-order valence-electron chi connectivity index (χ3n) is 6.82. The number of fused-ring (bicyclic) bond motifs is 1. The SMILES string of the molecule is COC(=O)CSc1cc(/N=c2\sc(=O)n3n2CCCC3)c(F)cc1Cl.CON=C(C)c1cccc(Oc2nc(OC)cc(OC)n2)c1C(=O)O. The molecule has 1 N–H and O–H groups in total. The standard InChI is InChI=1S/C16H17N3O6.C15H15ClFN3O3S2/c1-9(19-24-4)10-6-5-7-11(14(10)15(20)21)25-16-17-12(22-2)8-13(18-16)23-3;1-23-13(21)8-24-12-7-11(10(17)6-9(12)16)18-14-19-4-2-3-5-20(19)15(22)25-14/h5-8H,1-4H3,(H,20,21);6-7H,2-5,8H2,1H3/b;18-14-. The normalized spacial score (nSPS) is 12.7. The van der Waals surface area contributed by atoms with Crippen LogP contribution in [-0.2, 0) is 27.5 Å². The number of aromatic carboxylic acids is 1. The van der Waals surface area contributed by atoms with E-state index in [2.05, 4.69) is 24.9 Å². The fourth-order valence-corrected chi connectivity index (χ4v) is 6.48. The molecule has 4 aromatic rings. The molecule has 0 atom stereocenters. The zero-order valence-corrected chi connectivity index (χ0v) is 29.9. The van der Waals surface area contributed by atoms with Crippen LogP contribution >= 0.6 is 34.7 Å². The Kier molecular flexibility index (Phi) is 13.4. The Morgan fingerprint density at radius 3 is 2.36 bits per heavy atom. The van der Waals surface area contributed by atoms with Gasteiger partial charge in [0, 0.05) is 23.5 Å². The first kappa shape index (κ1) is 37.9. The van der Waals surface area contributed by atoms with Gasteiger partial charge in [-0.15, -0.1) is 11.8 Å². The molecular formula is C31H32ClFN6O9S2. The van der Waals surface area contributed by atoms with E-state index >= 15 is 0 Å². The lowest BCUT2D eigenvalue weighted by Gasteiger charge is -2.15. The van der Waals surface area contributed by atoms with Gasteiger partial charge in [0.05, 0.1) is 43.9 Å². The zero-order chi connectivity index (χ0) is 36.4. The van der Waals surface area contributed by atoms with Gasteiger partial charge in [-0.1, -0.05) is 28.9 Å². The van der Waals surface area contributed by atoms with Crippen LogP contribution in [-0.4, -0.2) is 76.3 Å². The minimum Gasteiger partial charge on any atom is -0.481 e. The summed E-state index contributed by atoms with van der Waals surface area (Å²) in [6.07, 6.45) is 1.90. The summed E-state index contributed by atoms with van der Waals surface area (Å²) in [5, 5.41) is 13.5. The van der Waals surface area contributed by atoms with Crippen molar-refractivity contribution in [2.45, 2.75) is 37.8 Å². The molecule has 2 aromatic carbocycles. The first-order valence-electron chi connectivity index (χ1n) is 14.6. The Labute approximate surface area is 297 Å². The molecule has 1 aliphatic heterocycles. The lowest BCUT2D eigenvalue weighted by Crippen LogP contribution is -2.31. The van der Waals surface area contributed by atoms with Gasteiger partial charge >= 0.3 is 22.8 Å². The average molecular weight is 751 g/mol. The van der Waals surface area contributed by atoms with Crippen LogP contribution in [0.3, 0.4) is 0 Å². The molecule has 19 heteroatoms. The van der Waals surface area contributed by atoms with E-state index in [1.807, 2.05) is 0 Å². The van der Waals surface area contributed by atoms with Crippen LogP contribution in [0.25, 0.3) is 0 Å². The maximum Gasteiger partial charge on any atom is 0.340 e. The first-order chi connectivity index (χ1) is 24.0. The van der Waals surface area contributed by atoms with Gasteiger partial charge in [0.2, 0.25) is 16.6 Å². The number of carboxylic acids is 1. The largest absolute Gasteiger partial charge is 0.481 e. The molecule has 0 spiro atoms. The Bertz CT molecular complexity index is 2010. The number of methoxy groups -OCH3 is 3. The number of ether oxygens (including phenoxy) is 4. The van der Waals surface area contributed by atoms with Gasteiger partial charge in [-0.3, -0.25) is 14.3 Å². The van der Waals surface area contributed by atoms with Crippen LogP contribution in [0.1, 0.15) is 35.7 Å². The maximum atomic E-state index is 14.3. The molecule has 0 unspecified atom stereocenters. The number of carbonyl (C=O) groups is 2. The quantitative estimate of drug-likeness (QED) is 0.0924. The van der Waals surface area contributed by atoms with Crippen molar-refractivity contribution >= 4 is 58.0 Å². The molecule has 1 aliphatic rings. The lowest BCUT2D eigenvalue weighted by atomic mass is 10.0. The Morgan fingerprint density at radius 2 is 1.74 bits per heavy atom. The molecular weight excluding hydrogens is 719 g/mol. The number of oxime groups is 1. The molecule has 0 radical (unpaired) electrons. The highest BCUT2D eigenvalue weighted by atomic mass is 35.5. The van der Waals surface area contributed by atoms with Crippen molar-refractivity contribution in [3.63, 3.8) is 0 Å². The Morgan fingerprint density at radius 1 is 1.06 bits per heavy atom. The van der Waals surface area contributed by atoms with Crippen LogP contribution < -0.4 is 23.9 Å². The zero-order valence-electron chi connectivity index (χ0n) is 27.5. The number of carboxylic acid groups (broad SMARTS) is 1. The van der Waals surface area contributed by atoms with Gasteiger partial charge < -0.3 is 28.9 Å². The maximum absolute atomic E-state index is 14.3. The van der Waals surface area contributed by atoms with Crippen molar-refractivity contribution < 1.29 is 42.9 Å². The summed E-state index contributed by atoms with van der Waals surface area (Å²) in [5.41, 5.74) is 0.724. The smallest absolute Gasteiger partial charge is 0.340 e. The predicted octanol–water partition coefficient (Wildman–Crippen LogP) is 5.15. The molecule has 0 amide bonds. The van der Waals surface area contributed by atoms with Crippen molar-refractivity contribution in [1.29, 1.82) is 0 Å². The third-order valence-corrected chi connectivity index (χ3v) is 9.14. The van der Waals surface area contributed by atoms with E-state index in [0.29, 0.717) is 34.1 Å². The molecule has 3 heterocycles. The van der Waals surface area contributed by atoms with Crippen LogP contribution in [0.4, 0.5) is 10.1 Å². The Balaban J connectivity index is 0.000000225. The monoisotopic (exact) mass is 750 g/mol. The predicted molar refractivity (Wildman–Crippen MR) is 183 cm³/mol. The van der Waals surface area contributed by atoms with Crippen molar-refractivity contribution in [3.05, 3.63) is 72.8 Å². The summed E-state index contributed by atoms with van der Waals surface area (Å²) < 4.78 is 37.9. The molecule has 50 heavy (non-hydrogen) atoms. The van der Waals surface area contributed by atoms with E-state index < -0.39 is 17.8 Å².